The molecule has 10 heteroatoms. The summed E-state index contributed by atoms with van der Waals surface area (Å²) in [6.45, 7) is 3.78. The Labute approximate surface area is 162 Å². The molecule has 3 atom stereocenters. The Bertz CT molecular complexity index is 929. The van der Waals surface area contributed by atoms with Crippen LogP contribution in [0.15, 0.2) is 30.3 Å². The Morgan fingerprint density at radius 2 is 1.82 bits per heavy atom. The van der Waals surface area contributed by atoms with Crippen LogP contribution < -0.4 is 5.32 Å². The number of nitrogens with one attached hydrogen (secondary N) is 1. The van der Waals surface area contributed by atoms with Crippen LogP contribution in [-0.4, -0.2) is 60.1 Å². The van der Waals surface area contributed by atoms with E-state index in [-0.39, 0.29) is 6.61 Å². The Balaban J connectivity index is 1.96. The number of fused-ring (bicyclic) bond motifs is 1. The zero-order valence-electron chi connectivity index (χ0n) is 16.0. The molecular weight excluding hydrogens is 388 g/mol. The summed E-state index contributed by atoms with van der Waals surface area (Å²) in [5.74, 6) is -2.16. The van der Waals surface area contributed by atoms with Gasteiger partial charge in [0.05, 0.1) is 0 Å². The number of carbonyl (C=O) groups excluding carboxylic acids is 3. The summed E-state index contributed by atoms with van der Waals surface area (Å²) in [5, 5.41) is 0.173. The van der Waals surface area contributed by atoms with Crippen molar-refractivity contribution in [1.29, 1.82) is 0 Å². The molecule has 152 valence electrons. The van der Waals surface area contributed by atoms with E-state index in [1.165, 1.54) is 13.8 Å². The fourth-order valence-electron chi connectivity index (χ4n) is 3.83. The molecule has 1 aromatic carbocycles. The molecule has 0 aromatic heterocycles. The first-order valence-electron chi connectivity index (χ1n) is 8.62. The Morgan fingerprint density at radius 3 is 2.36 bits per heavy atom. The normalized spacial score (nSPS) is 29.6. The van der Waals surface area contributed by atoms with Gasteiger partial charge in [0.1, 0.15) is 11.4 Å². The average Bonchev–Trinajstić information content (AvgIpc) is 2.77. The smallest absolute Gasteiger partial charge is 0.330 e. The summed E-state index contributed by atoms with van der Waals surface area (Å²) in [5.41, 5.74) is 0.721. The lowest BCUT2D eigenvalue weighted by Crippen LogP contribution is -2.81. The molecule has 0 spiro atoms. The topological polar surface area (TPSA) is 119 Å². The molecule has 2 fully saturated rings. The summed E-state index contributed by atoms with van der Waals surface area (Å²) in [6.07, 6.45) is 0. The van der Waals surface area contributed by atoms with Crippen molar-refractivity contribution in [2.75, 3.05) is 7.11 Å². The largest absolute Gasteiger partial charge is 0.459 e. The van der Waals surface area contributed by atoms with Crippen LogP contribution in [0.2, 0.25) is 0 Å². The first-order valence-corrected chi connectivity index (χ1v) is 10.1. The third-order valence-electron chi connectivity index (χ3n) is 5.27. The van der Waals surface area contributed by atoms with E-state index in [4.69, 9.17) is 9.47 Å². The first kappa shape index (κ1) is 20.3. The minimum Gasteiger partial charge on any atom is -0.459 e. The molecule has 1 unspecified atom stereocenters. The highest BCUT2D eigenvalue weighted by molar-refractivity contribution is 7.94. The number of amides is 2. The number of rotatable bonds is 5. The summed E-state index contributed by atoms with van der Waals surface area (Å²) >= 11 is 0. The highest BCUT2D eigenvalue weighted by Gasteiger charge is 2.83. The van der Waals surface area contributed by atoms with Gasteiger partial charge < -0.3 is 14.8 Å². The number of ether oxygens (including phenoxy) is 2. The fraction of sp³-hybridized carbons (Fsp3) is 0.500. The van der Waals surface area contributed by atoms with Crippen LogP contribution in [0.5, 0.6) is 0 Å². The van der Waals surface area contributed by atoms with Gasteiger partial charge >= 0.3 is 5.97 Å². The predicted molar refractivity (Wildman–Crippen MR) is 97.2 cm³/mol. The Hall–Kier alpha value is -2.46. The van der Waals surface area contributed by atoms with E-state index in [0.29, 0.717) is 0 Å². The van der Waals surface area contributed by atoms with Gasteiger partial charge in [-0.15, -0.1) is 0 Å². The average molecular weight is 410 g/mol. The number of hydrogen-bond donors (Lipinski definition) is 1. The van der Waals surface area contributed by atoms with Crippen LogP contribution in [0.3, 0.4) is 0 Å². The van der Waals surface area contributed by atoms with E-state index in [0.717, 1.165) is 24.5 Å². The quantitative estimate of drug-likeness (QED) is 0.534. The highest BCUT2D eigenvalue weighted by atomic mass is 32.2. The lowest BCUT2D eigenvalue weighted by Gasteiger charge is -2.51. The zero-order valence-corrected chi connectivity index (χ0v) is 16.8. The summed E-state index contributed by atoms with van der Waals surface area (Å²) < 4.78 is 35.5. The maximum atomic E-state index is 13.3. The summed E-state index contributed by atoms with van der Waals surface area (Å²) in [6, 6.07) is 6.05. The second-order valence-electron chi connectivity index (χ2n) is 7.28. The number of methoxy groups -OCH3 is 1. The summed E-state index contributed by atoms with van der Waals surface area (Å²) in [4.78, 5) is 37.8. The van der Waals surface area contributed by atoms with E-state index in [1.54, 1.807) is 24.3 Å². The van der Waals surface area contributed by atoms with Gasteiger partial charge in [0.25, 0.3) is 11.0 Å². The number of β-lactam (4-membered cyclic amide) rings is 1. The van der Waals surface area contributed by atoms with Crippen molar-refractivity contribution in [2.24, 2.45) is 0 Å². The molecule has 2 heterocycles. The third-order valence-corrected chi connectivity index (χ3v) is 8.24. The second-order valence-corrected chi connectivity index (χ2v) is 9.92. The summed E-state index contributed by atoms with van der Waals surface area (Å²) in [7, 11) is -3.09. The molecule has 1 N–H and O–H groups in total. The maximum absolute atomic E-state index is 13.3. The van der Waals surface area contributed by atoms with E-state index in [9.17, 15) is 22.8 Å². The molecule has 2 aliphatic heterocycles. The minimum absolute atomic E-state index is 0.0660. The van der Waals surface area contributed by atoms with Crippen molar-refractivity contribution in [1.82, 2.24) is 10.2 Å². The fourth-order valence-corrected chi connectivity index (χ4v) is 6.22. The van der Waals surface area contributed by atoms with Gasteiger partial charge in [-0.2, -0.15) is 0 Å². The number of esters is 1. The van der Waals surface area contributed by atoms with Crippen LogP contribution in [0, 0.1) is 0 Å². The molecule has 3 rings (SSSR count). The van der Waals surface area contributed by atoms with Crippen molar-refractivity contribution in [3.05, 3.63) is 35.9 Å². The SMILES string of the molecule is COC12[C@H](NC(C)=O)C(=O)N1[C@@H](C(=O)OCc1ccccc1)C(C)(C)S2(=O)=O. The highest BCUT2D eigenvalue weighted by Crippen LogP contribution is 2.54. The van der Waals surface area contributed by atoms with Gasteiger partial charge in [0, 0.05) is 14.0 Å². The molecule has 0 aliphatic carbocycles. The molecule has 2 saturated heterocycles. The van der Waals surface area contributed by atoms with Crippen LogP contribution in [0.4, 0.5) is 0 Å². The molecule has 1 aromatic rings. The predicted octanol–water partition coefficient (Wildman–Crippen LogP) is -0.0475. The van der Waals surface area contributed by atoms with Gasteiger partial charge in [0.15, 0.2) is 12.1 Å². The van der Waals surface area contributed by atoms with Gasteiger partial charge in [-0.05, 0) is 19.4 Å². The van der Waals surface area contributed by atoms with Crippen molar-refractivity contribution in [3.63, 3.8) is 0 Å². The lowest BCUT2D eigenvalue weighted by atomic mass is 9.94. The van der Waals surface area contributed by atoms with Crippen molar-refractivity contribution >= 4 is 27.6 Å². The standard InChI is InChI=1S/C18H22N2O7S/c1-11(21)19-13-15(22)20-14(16(23)27-10-12-8-6-5-7-9-12)17(2,3)28(24,25)18(13,20)26-4/h5-9,13-14H,10H2,1-4H3,(H,19,21)/t13-,14+,18?/m1/s1. The zero-order chi connectivity index (χ0) is 20.9. The van der Waals surface area contributed by atoms with Crippen LogP contribution >= 0.6 is 0 Å². The van der Waals surface area contributed by atoms with Crippen LogP contribution in [0.25, 0.3) is 0 Å². The second kappa shape index (κ2) is 6.56. The molecule has 0 radical (unpaired) electrons. The Kier molecular flexibility index (Phi) is 4.75. The molecule has 0 saturated carbocycles. The number of hydrogen-bond acceptors (Lipinski definition) is 7. The van der Waals surface area contributed by atoms with Gasteiger partial charge in [-0.3, -0.25) is 14.5 Å². The molecule has 2 amide bonds. The van der Waals surface area contributed by atoms with Crippen LogP contribution in [0.1, 0.15) is 26.3 Å². The van der Waals surface area contributed by atoms with Crippen molar-refractivity contribution < 1.29 is 32.3 Å². The first-order chi connectivity index (χ1) is 13.0. The van der Waals surface area contributed by atoms with E-state index in [1.807, 2.05) is 6.07 Å². The third kappa shape index (κ3) is 2.47. The molecule has 9 nitrogen and oxygen atoms in total. The number of nitrogens with zero attached hydrogens (tertiary/aromatic N) is 1. The molecular formula is C18H22N2O7S. The van der Waals surface area contributed by atoms with E-state index < -0.39 is 49.5 Å². The Morgan fingerprint density at radius 1 is 1.21 bits per heavy atom. The number of sulfone groups is 1. The molecule has 0 bridgehead atoms. The van der Waals surface area contributed by atoms with E-state index in [2.05, 4.69) is 5.32 Å². The lowest BCUT2D eigenvalue weighted by molar-refractivity contribution is -0.201. The number of benzene rings is 1. The van der Waals surface area contributed by atoms with Crippen LogP contribution in [-0.2, 0) is 40.3 Å². The van der Waals surface area contributed by atoms with Crippen molar-refractivity contribution in [3.8, 4) is 0 Å². The van der Waals surface area contributed by atoms with E-state index >= 15 is 0 Å². The van der Waals surface area contributed by atoms with Gasteiger partial charge in [0.2, 0.25) is 15.7 Å². The van der Waals surface area contributed by atoms with Gasteiger partial charge in [-0.1, -0.05) is 30.3 Å². The maximum Gasteiger partial charge on any atom is 0.330 e. The minimum atomic E-state index is -4.21. The monoisotopic (exact) mass is 410 g/mol. The van der Waals surface area contributed by atoms with Crippen molar-refractivity contribution in [2.45, 2.75) is 49.3 Å². The number of carbonyl (C=O) groups is 3. The molecule has 2 aliphatic rings. The molecule has 28 heavy (non-hydrogen) atoms. The van der Waals surface area contributed by atoms with Gasteiger partial charge in [-0.25, -0.2) is 13.2 Å².